The van der Waals surface area contributed by atoms with E-state index in [1.165, 1.54) is 19.2 Å². The fourth-order valence-corrected chi connectivity index (χ4v) is 3.22. The van der Waals surface area contributed by atoms with Crippen LogP contribution in [-0.4, -0.2) is 50.0 Å². The number of methoxy groups -OCH3 is 1. The molecule has 0 atom stereocenters. The monoisotopic (exact) mass is 478 g/mol. The molecule has 0 fully saturated rings. The minimum atomic E-state index is -4.65. The molecule has 0 aliphatic carbocycles. The van der Waals surface area contributed by atoms with Crippen molar-refractivity contribution in [1.29, 1.82) is 0 Å². The standard InChI is InChI=1S/C13H9Cl3N8O4S/c1-28-13-23-10(16)22-11(24-13)17-5-2-3-6(7(4-5)29(25,26)27)18-12-20-8(14)19-9(15)21-12/h2-4H,1H3,(H,25,26,27)(H,17,22,23,24)(H,18,19,20,21). The maximum absolute atomic E-state index is 11.8. The SMILES string of the molecule is COc1nc(Cl)nc(Nc2ccc(Nc3nc(Cl)nc(Cl)n3)c(S(=O)(=O)O)c2)n1. The second kappa shape index (κ2) is 8.42. The van der Waals surface area contributed by atoms with Crippen LogP contribution in [0, 0.1) is 0 Å². The summed E-state index contributed by atoms with van der Waals surface area (Å²) in [5.74, 6) is -0.144. The van der Waals surface area contributed by atoms with Crippen LogP contribution in [0.25, 0.3) is 0 Å². The topological polar surface area (TPSA) is 165 Å². The molecule has 0 radical (unpaired) electrons. The van der Waals surface area contributed by atoms with Crippen molar-refractivity contribution < 1.29 is 17.7 Å². The summed E-state index contributed by atoms with van der Waals surface area (Å²) >= 11 is 17.2. The van der Waals surface area contributed by atoms with Gasteiger partial charge in [-0.25, -0.2) is 0 Å². The van der Waals surface area contributed by atoms with Crippen LogP contribution in [0.3, 0.4) is 0 Å². The molecule has 3 aromatic rings. The van der Waals surface area contributed by atoms with Crippen LogP contribution in [0.15, 0.2) is 23.1 Å². The lowest BCUT2D eigenvalue weighted by Crippen LogP contribution is -2.07. The molecule has 2 aromatic heterocycles. The second-order valence-corrected chi connectivity index (χ2v) is 7.45. The Morgan fingerprint density at radius 1 is 0.897 bits per heavy atom. The maximum atomic E-state index is 11.8. The molecule has 0 saturated heterocycles. The number of nitrogens with one attached hydrogen (secondary N) is 2. The van der Waals surface area contributed by atoms with E-state index < -0.39 is 15.0 Å². The van der Waals surface area contributed by atoms with Crippen LogP contribution in [0.4, 0.5) is 23.3 Å². The molecule has 3 N–H and O–H groups in total. The summed E-state index contributed by atoms with van der Waals surface area (Å²) in [6, 6.07) is 3.86. The van der Waals surface area contributed by atoms with Crippen molar-refractivity contribution in [2.75, 3.05) is 17.7 Å². The second-order valence-electron chi connectivity index (χ2n) is 5.05. The highest BCUT2D eigenvalue weighted by molar-refractivity contribution is 7.86. The Hall–Kier alpha value is -2.58. The molecule has 0 saturated carbocycles. The summed E-state index contributed by atoms with van der Waals surface area (Å²) in [4.78, 5) is 22.1. The highest BCUT2D eigenvalue weighted by atomic mass is 35.5. The minimum absolute atomic E-state index is 0.0140. The van der Waals surface area contributed by atoms with E-state index in [4.69, 9.17) is 39.5 Å². The highest BCUT2D eigenvalue weighted by Crippen LogP contribution is 2.29. The zero-order valence-electron chi connectivity index (χ0n) is 14.1. The number of nitrogens with zero attached hydrogens (tertiary/aromatic N) is 6. The van der Waals surface area contributed by atoms with Gasteiger partial charge in [0.1, 0.15) is 4.90 Å². The van der Waals surface area contributed by atoms with Gasteiger partial charge in [0.05, 0.1) is 12.8 Å². The van der Waals surface area contributed by atoms with Crippen LogP contribution in [0.5, 0.6) is 6.01 Å². The number of rotatable bonds is 6. The summed E-state index contributed by atoms with van der Waals surface area (Å²) in [6.45, 7) is 0. The van der Waals surface area contributed by atoms with E-state index in [-0.39, 0.29) is 45.1 Å². The number of halogens is 3. The van der Waals surface area contributed by atoms with Gasteiger partial charge in [-0.2, -0.15) is 38.3 Å². The Morgan fingerprint density at radius 2 is 1.48 bits per heavy atom. The van der Waals surface area contributed by atoms with Gasteiger partial charge in [-0.05, 0) is 53.0 Å². The molecule has 0 aliphatic rings. The first-order chi connectivity index (χ1) is 13.6. The Labute approximate surface area is 178 Å². The number of ether oxygens (including phenoxy) is 1. The molecule has 0 aliphatic heterocycles. The predicted molar refractivity (Wildman–Crippen MR) is 104 cm³/mol. The Balaban J connectivity index is 1.97. The van der Waals surface area contributed by atoms with Crippen LogP contribution in [0.2, 0.25) is 15.9 Å². The number of hydrogen-bond acceptors (Lipinski definition) is 11. The van der Waals surface area contributed by atoms with Gasteiger partial charge in [-0.1, -0.05) is 0 Å². The highest BCUT2D eigenvalue weighted by Gasteiger charge is 2.18. The van der Waals surface area contributed by atoms with E-state index in [1.807, 2.05) is 0 Å². The number of aromatic nitrogens is 6. The van der Waals surface area contributed by atoms with E-state index in [0.29, 0.717) is 0 Å². The first-order valence-electron chi connectivity index (χ1n) is 7.32. The Kier molecular flexibility index (Phi) is 6.14. The zero-order chi connectivity index (χ0) is 21.2. The van der Waals surface area contributed by atoms with Crippen molar-refractivity contribution in [3.63, 3.8) is 0 Å². The molecule has 2 heterocycles. The predicted octanol–water partition coefficient (Wildman–Crippen LogP) is 2.76. The molecule has 29 heavy (non-hydrogen) atoms. The first kappa shape index (κ1) is 21.1. The van der Waals surface area contributed by atoms with Gasteiger partial charge in [-0.15, -0.1) is 0 Å². The largest absolute Gasteiger partial charge is 0.467 e. The molecule has 3 rings (SSSR count). The van der Waals surface area contributed by atoms with Crippen molar-refractivity contribution in [2.24, 2.45) is 0 Å². The van der Waals surface area contributed by atoms with Gasteiger partial charge >= 0.3 is 6.01 Å². The van der Waals surface area contributed by atoms with Crippen LogP contribution in [-0.2, 0) is 10.1 Å². The smallest absolute Gasteiger partial charge is 0.322 e. The van der Waals surface area contributed by atoms with Gasteiger partial charge in [0.25, 0.3) is 10.1 Å². The summed E-state index contributed by atoms with van der Waals surface area (Å²) in [5.41, 5.74) is 0.154. The van der Waals surface area contributed by atoms with Crippen molar-refractivity contribution in [2.45, 2.75) is 4.90 Å². The van der Waals surface area contributed by atoms with Crippen LogP contribution in [0.1, 0.15) is 0 Å². The Morgan fingerprint density at radius 3 is 2.07 bits per heavy atom. The fourth-order valence-electron chi connectivity index (χ4n) is 2.03. The molecule has 16 heteroatoms. The van der Waals surface area contributed by atoms with E-state index in [9.17, 15) is 13.0 Å². The molecule has 152 valence electrons. The summed E-state index contributed by atoms with van der Waals surface area (Å²) in [5, 5.41) is 4.77. The summed E-state index contributed by atoms with van der Waals surface area (Å²) in [6.07, 6.45) is 0. The van der Waals surface area contributed by atoms with Crippen molar-refractivity contribution in [3.8, 4) is 6.01 Å². The van der Waals surface area contributed by atoms with Gasteiger partial charge in [0.15, 0.2) is 0 Å². The molecule has 0 spiro atoms. The van der Waals surface area contributed by atoms with Crippen molar-refractivity contribution in [1.82, 2.24) is 29.9 Å². The average Bonchev–Trinajstić information content (AvgIpc) is 2.60. The lowest BCUT2D eigenvalue weighted by Gasteiger charge is -2.12. The number of anilines is 4. The maximum Gasteiger partial charge on any atom is 0.322 e. The van der Waals surface area contributed by atoms with E-state index in [1.54, 1.807) is 0 Å². The molecule has 0 unspecified atom stereocenters. The average molecular weight is 480 g/mol. The third kappa shape index (κ3) is 5.48. The van der Waals surface area contributed by atoms with Gasteiger partial charge in [-0.3, -0.25) is 4.55 Å². The summed E-state index contributed by atoms with van der Waals surface area (Å²) < 4.78 is 38.1. The summed E-state index contributed by atoms with van der Waals surface area (Å²) in [7, 11) is -3.31. The Bertz CT molecular complexity index is 1160. The number of hydrogen-bond donors (Lipinski definition) is 3. The minimum Gasteiger partial charge on any atom is -0.467 e. The van der Waals surface area contributed by atoms with E-state index >= 15 is 0 Å². The van der Waals surface area contributed by atoms with Crippen molar-refractivity contribution in [3.05, 3.63) is 34.0 Å². The quantitative estimate of drug-likeness (QED) is 0.443. The van der Waals surface area contributed by atoms with Crippen LogP contribution < -0.4 is 15.4 Å². The van der Waals surface area contributed by atoms with Gasteiger partial charge < -0.3 is 15.4 Å². The molecule has 0 amide bonds. The normalized spacial score (nSPS) is 11.2. The first-order valence-corrected chi connectivity index (χ1v) is 9.89. The zero-order valence-corrected chi connectivity index (χ0v) is 17.2. The molecule has 1 aromatic carbocycles. The van der Waals surface area contributed by atoms with E-state index in [2.05, 4.69) is 40.5 Å². The fraction of sp³-hybridized carbons (Fsp3) is 0.0769. The van der Waals surface area contributed by atoms with Gasteiger partial charge in [0, 0.05) is 5.69 Å². The molecular weight excluding hydrogens is 471 g/mol. The lowest BCUT2D eigenvalue weighted by atomic mass is 10.3. The van der Waals surface area contributed by atoms with Gasteiger partial charge in [0.2, 0.25) is 27.7 Å². The lowest BCUT2D eigenvalue weighted by molar-refractivity contribution is 0.379. The molecule has 0 bridgehead atoms. The molecule has 12 nitrogen and oxygen atoms in total. The third-order valence-electron chi connectivity index (χ3n) is 3.11. The number of benzene rings is 1. The van der Waals surface area contributed by atoms with Crippen molar-refractivity contribution >= 4 is 68.2 Å². The van der Waals surface area contributed by atoms with Crippen LogP contribution >= 0.6 is 34.8 Å². The molecular formula is C13H9Cl3N8O4S. The third-order valence-corrected chi connectivity index (χ3v) is 4.51. The van der Waals surface area contributed by atoms with E-state index in [0.717, 1.165) is 6.07 Å².